The van der Waals surface area contributed by atoms with Crippen LogP contribution >= 0.6 is 0 Å². The van der Waals surface area contributed by atoms with E-state index < -0.39 is 98.7 Å². The number of likely N-dealkylation sites (tertiary alicyclic amines) is 1. The third-order valence-corrected chi connectivity index (χ3v) is 9.32. The van der Waals surface area contributed by atoms with Crippen molar-refractivity contribution in [1.29, 1.82) is 0 Å². The fourth-order valence-corrected chi connectivity index (χ4v) is 7.57. The fraction of sp³-hybridized carbons (Fsp3) is 0.552. The van der Waals surface area contributed by atoms with E-state index in [9.17, 15) is 48.0 Å². The summed E-state index contributed by atoms with van der Waals surface area (Å²) >= 11 is 0. The third kappa shape index (κ3) is 4.62. The number of alkyl halides is 3. The summed E-state index contributed by atoms with van der Waals surface area (Å²) in [6.45, 7) is 0.696. The monoisotopic (exact) mass is 609 g/mol. The number of aliphatic hydroxyl groups is 3. The van der Waals surface area contributed by atoms with Crippen LogP contribution in [0.4, 0.5) is 13.2 Å². The van der Waals surface area contributed by atoms with Crippen molar-refractivity contribution in [3.05, 3.63) is 51.0 Å². The Hall–Kier alpha value is -3.46. The SMILES string of the molecule is COC[C@H]1CCCN1Cc1cc(O)c2c(c1C(F)(F)F)C[C@H]1C[C@H]3[C@H](N(C)C)C(O)=C(C(N)=O)C(=O)[C@@]3(O)C(O)=C1C2=O. The minimum absolute atomic E-state index is 0.119. The number of primary amides is 1. The molecule has 6 N–H and O–H groups in total. The number of phenolic OH excluding ortho intramolecular Hbond substituents is 1. The number of amides is 1. The highest BCUT2D eigenvalue weighted by molar-refractivity contribution is 6.24. The number of likely N-dealkylation sites (N-methyl/N-ethyl adjacent to an activating group) is 1. The van der Waals surface area contributed by atoms with Gasteiger partial charge >= 0.3 is 6.18 Å². The van der Waals surface area contributed by atoms with E-state index in [0.29, 0.717) is 13.2 Å². The predicted molar refractivity (Wildman–Crippen MR) is 144 cm³/mol. The minimum Gasteiger partial charge on any atom is -0.510 e. The van der Waals surface area contributed by atoms with E-state index in [2.05, 4.69) is 0 Å². The number of halogens is 3. The number of benzene rings is 1. The van der Waals surface area contributed by atoms with E-state index in [4.69, 9.17) is 10.5 Å². The number of carbonyl (C=O) groups excluding carboxylic acids is 3. The molecule has 43 heavy (non-hydrogen) atoms. The molecule has 5 rings (SSSR count). The third-order valence-electron chi connectivity index (χ3n) is 9.32. The number of aliphatic hydroxyl groups excluding tert-OH is 2. The average Bonchev–Trinajstić information content (AvgIpc) is 3.31. The molecule has 1 heterocycles. The molecule has 0 spiro atoms. The van der Waals surface area contributed by atoms with Crippen molar-refractivity contribution in [1.82, 2.24) is 9.80 Å². The highest BCUT2D eigenvalue weighted by atomic mass is 19.4. The molecule has 1 aromatic rings. The molecule has 0 aromatic heterocycles. The first kappa shape index (κ1) is 31.0. The van der Waals surface area contributed by atoms with Gasteiger partial charge in [-0.05, 0) is 69.4 Å². The number of methoxy groups -OCH3 is 1. The predicted octanol–water partition coefficient (Wildman–Crippen LogP) is 1.75. The van der Waals surface area contributed by atoms with Crippen molar-refractivity contribution in [2.24, 2.45) is 17.6 Å². The Kier molecular flexibility index (Phi) is 7.65. The maximum Gasteiger partial charge on any atom is 0.417 e. The van der Waals surface area contributed by atoms with Gasteiger partial charge in [-0.1, -0.05) is 0 Å². The highest BCUT2D eigenvalue weighted by Crippen LogP contribution is 2.54. The molecule has 0 saturated carbocycles. The summed E-state index contributed by atoms with van der Waals surface area (Å²) in [6, 6.07) is -0.467. The first-order valence-electron chi connectivity index (χ1n) is 13.9. The van der Waals surface area contributed by atoms with Crippen LogP contribution in [0.25, 0.3) is 0 Å². The molecule has 1 amide bonds. The lowest BCUT2D eigenvalue weighted by molar-refractivity contribution is -0.148. The smallest absolute Gasteiger partial charge is 0.417 e. The molecular formula is C29H34F3N3O8. The van der Waals surface area contributed by atoms with Gasteiger partial charge in [0.25, 0.3) is 5.91 Å². The van der Waals surface area contributed by atoms with Crippen LogP contribution in [0.2, 0.25) is 0 Å². The zero-order valence-electron chi connectivity index (χ0n) is 23.9. The number of ketones is 2. The van der Waals surface area contributed by atoms with Gasteiger partial charge in [0.15, 0.2) is 11.4 Å². The molecule has 234 valence electrons. The van der Waals surface area contributed by atoms with Crippen molar-refractivity contribution in [2.45, 2.75) is 56.1 Å². The first-order chi connectivity index (χ1) is 20.0. The number of Topliss-reactive ketones (excluding diaryl/α,β-unsaturated/α-hetero) is 2. The maximum absolute atomic E-state index is 14.8. The van der Waals surface area contributed by atoms with Crippen LogP contribution in [0.1, 0.15) is 46.3 Å². The second kappa shape index (κ2) is 10.6. The molecule has 3 aliphatic carbocycles. The van der Waals surface area contributed by atoms with Crippen molar-refractivity contribution in [3.8, 4) is 5.75 Å². The molecule has 1 aromatic carbocycles. The van der Waals surface area contributed by atoms with Crippen LogP contribution in [0.3, 0.4) is 0 Å². The van der Waals surface area contributed by atoms with Crippen molar-refractivity contribution in [2.75, 3.05) is 34.4 Å². The molecule has 0 unspecified atom stereocenters. The molecule has 0 radical (unpaired) electrons. The fourth-order valence-electron chi connectivity index (χ4n) is 7.57. The number of nitrogens with zero attached hydrogens (tertiary/aromatic N) is 2. The molecule has 1 fully saturated rings. The number of allylic oxidation sites excluding steroid dienone is 1. The number of hydrogen-bond acceptors (Lipinski definition) is 10. The molecule has 0 bridgehead atoms. The summed E-state index contributed by atoms with van der Waals surface area (Å²) in [4.78, 5) is 42.5. The van der Waals surface area contributed by atoms with Gasteiger partial charge in [0.05, 0.1) is 23.8 Å². The Balaban J connectivity index is 1.67. The average molecular weight is 610 g/mol. The summed E-state index contributed by atoms with van der Waals surface area (Å²) in [6.07, 6.45) is -4.18. The number of rotatable bonds is 6. The Labute approximate surface area is 245 Å². The summed E-state index contributed by atoms with van der Waals surface area (Å²) < 4.78 is 49.5. The summed E-state index contributed by atoms with van der Waals surface area (Å²) in [5.74, 6) is -9.04. The zero-order chi connectivity index (χ0) is 31.8. The quantitative estimate of drug-likeness (QED) is 0.299. The first-order valence-corrected chi connectivity index (χ1v) is 13.9. The van der Waals surface area contributed by atoms with E-state index >= 15 is 0 Å². The van der Waals surface area contributed by atoms with Crippen molar-refractivity contribution >= 4 is 17.5 Å². The Bertz CT molecular complexity index is 1470. The minimum atomic E-state index is -4.91. The molecule has 5 atom stereocenters. The summed E-state index contributed by atoms with van der Waals surface area (Å²) in [7, 11) is 4.44. The number of nitrogens with two attached hydrogens (primary N) is 1. The summed E-state index contributed by atoms with van der Waals surface area (Å²) in [5, 5.41) is 44.8. The van der Waals surface area contributed by atoms with Crippen LogP contribution in [0, 0.1) is 11.8 Å². The number of carbonyl (C=O) groups is 3. The zero-order valence-corrected chi connectivity index (χ0v) is 23.9. The van der Waals surface area contributed by atoms with Gasteiger partial charge in [0.2, 0.25) is 5.78 Å². The standard InChI is InChI=1S/C29H34F3N3O8/c1-34(2)22-16-8-12-7-15-19(23(37)18(12)25(39)28(16,42)26(40)20(24(22)38)27(33)41)17(36)9-13(21(15)29(30,31)32)10-35-6-4-5-14(35)11-43-3/h9,12,14,16,22,36,38-39,42H,4-8,10-11H2,1-3H3,(H2,33,41)/t12-,14+,16-,22-,28-/m0/s1. The van der Waals surface area contributed by atoms with E-state index in [1.54, 1.807) is 0 Å². The van der Waals surface area contributed by atoms with Crippen LogP contribution in [0.5, 0.6) is 5.75 Å². The van der Waals surface area contributed by atoms with Gasteiger partial charge in [-0.15, -0.1) is 0 Å². The number of hydrogen-bond donors (Lipinski definition) is 5. The van der Waals surface area contributed by atoms with Crippen LogP contribution in [0.15, 0.2) is 28.7 Å². The van der Waals surface area contributed by atoms with Gasteiger partial charge < -0.3 is 30.9 Å². The van der Waals surface area contributed by atoms with Crippen molar-refractivity contribution in [3.63, 3.8) is 0 Å². The van der Waals surface area contributed by atoms with Gasteiger partial charge in [-0.2, -0.15) is 13.2 Å². The Morgan fingerprint density at radius 3 is 2.49 bits per heavy atom. The second-order valence-electron chi connectivity index (χ2n) is 12.0. The van der Waals surface area contributed by atoms with E-state index in [1.807, 2.05) is 4.90 Å². The molecule has 1 saturated heterocycles. The Morgan fingerprint density at radius 2 is 1.91 bits per heavy atom. The van der Waals surface area contributed by atoms with Gasteiger partial charge in [-0.25, -0.2) is 0 Å². The van der Waals surface area contributed by atoms with Crippen LogP contribution in [-0.2, 0) is 33.5 Å². The summed E-state index contributed by atoms with van der Waals surface area (Å²) in [5.41, 5.74) is -1.43. The van der Waals surface area contributed by atoms with Crippen LogP contribution in [-0.4, -0.2) is 99.7 Å². The molecule has 4 aliphatic rings. The lowest BCUT2D eigenvalue weighted by atomic mass is 9.58. The largest absolute Gasteiger partial charge is 0.510 e. The van der Waals surface area contributed by atoms with Crippen molar-refractivity contribution < 1.29 is 52.7 Å². The lowest BCUT2D eigenvalue weighted by Gasteiger charge is -2.50. The topological polar surface area (TPSA) is 174 Å². The molecule has 1 aliphatic heterocycles. The number of phenols is 1. The van der Waals surface area contributed by atoms with Gasteiger partial charge in [0, 0.05) is 31.2 Å². The number of ether oxygens (including phenoxy) is 1. The molecule has 11 nitrogen and oxygen atoms in total. The van der Waals surface area contributed by atoms with E-state index in [1.165, 1.54) is 26.1 Å². The lowest BCUT2D eigenvalue weighted by Crippen LogP contribution is -2.63. The second-order valence-corrected chi connectivity index (χ2v) is 12.0. The number of fused-ring (bicyclic) bond motifs is 3. The number of aromatic hydroxyl groups is 1. The maximum atomic E-state index is 14.8. The van der Waals surface area contributed by atoms with E-state index in [0.717, 1.165) is 18.9 Å². The Morgan fingerprint density at radius 1 is 1.23 bits per heavy atom. The van der Waals surface area contributed by atoms with Gasteiger partial charge in [0.1, 0.15) is 22.8 Å². The molecular weight excluding hydrogens is 575 g/mol. The van der Waals surface area contributed by atoms with Crippen LogP contribution < -0.4 is 5.73 Å². The highest BCUT2D eigenvalue weighted by Gasteiger charge is 2.63. The normalized spacial score (nSPS) is 29.7. The van der Waals surface area contributed by atoms with Gasteiger partial charge in [-0.3, -0.25) is 24.2 Å². The molecule has 14 heteroatoms. The van der Waals surface area contributed by atoms with E-state index in [-0.39, 0.29) is 24.6 Å².